The Morgan fingerprint density at radius 3 is 2.58 bits per heavy atom. The molecule has 33 heavy (non-hydrogen) atoms. The summed E-state index contributed by atoms with van der Waals surface area (Å²) in [6.45, 7) is 1.64. The predicted molar refractivity (Wildman–Crippen MR) is 128 cm³/mol. The standard InChI is InChI=1S/C24H26FN7O/c1-30(2)17-10-12-31(13-11-17)21-9-8-16(14-20(21)25)27-24-28-22-19(23(33)29-24)15-26-32(22)18-6-4-3-5-7-18/h3-9,14-15,17H,10-13H2,1-2H3,(H2,27,28,29,33). The van der Waals surface area contributed by atoms with Gasteiger partial charge in [-0.2, -0.15) is 10.1 Å². The fourth-order valence-electron chi connectivity index (χ4n) is 4.34. The smallest absolute Gasteiger partial charge is 0.263 e. The number of halogens is 1. The molecule has 0 unspecified atom stereocenters. The van der Waals surface area contributed by atoms with Crippen LogP contribution in [0.15, 0.2) is 59.5 Å². The zero-order valence-corrected chi connectivity index (χ0v) is 18.6. The minimum absolute atomic E-state index is 0.226. The highest BCUT2D eigenvalue weighted by atomic mass is 19.1. The van der Waals surface area contributed by atoms with Gasteiger partial charge in [-0.3, -0.25) is 9.78 Å². The number of hydrogen-bond donors (Lipinski definition) is 2. The van der Waals surface area contributed by atoms with Crippen molar-refractivity contribution in [2.24, 2.45) is 0 Å². The van der Waals surface area contributed by atoms with Crippen LogP contribution in [0.5, 0.6) is 0 Å². The molecule has 1 aliphatic rings. The van der Waals surface area contributed by atoms with Crippen LogP contribution in [0.1, 0.15) is 12.8 Å². The van der Waals surface area contributed by atoms with E-state index in [1.807, 2.05) is 30.3 Å². The van der Waals surface area contributed by atoms with E-state index in [-0.39, 0.29) is 17.3 Å². The monoisotopic (exact) mass is 447 g/mol. The van der Waals surface area contributed by atoms with Crippen LogP contribution in [0, 0.1) is 5.82 Å². The summed E-state index contributed by atoms with van der Waals surface area (Å²) in [6, 6.07) is 15.0. The average molecular weight is 448 g/mol. The van der Waals surface area contributed by atoms with Crippen molar-refractivity contribution in [3.05, 3.63) is 70.9 Å². The molecule has 1 fully saturated rings. The first kappa shape index (κ1) is 21.1. The van der Waals surface area contributed by atoms with E-state index in [1.165, 1.54) is 12.3 Å². The third-order valence-corrected chi connectivity index (χ3v) is 6.18. The van der Waals surface area contributed by atoms with Crippen molar-refractivity contribution in [1.82, 2.24) is 24.6 Å². The largest absolute Gasteiger partial charge is 0.369 e. The highest BCUT2D eigenvalue weighted by Gasteiger charge is 2.22. The molecular formula is C24H26FN7O. The molecule has 4 aromatic rings. The molecule has 1 saturated heterocycles. The van der Waals surface area contributed by atoms with E-state index in [4.69, 9.17) is 0 Å². The number of anilines is 3. The van der Waals surface area contributed by atoms with Gasteiger partial charge in [-0.05, 0) is 57.3 Å². The summed E-state index contributed by atoms with van der Waals surface area (Å²) in [4.78, 5) is 24.1. The van der Waals surface area contributed by atoms with E-state index in [0.717, 1.165) is 31.6 Å². The number of piperidine rings is 1. The van der Waals surface area contributed by atoms with Gasteiger partial charge in [0.15, 0.2) is 5.65 Å². The first-order valence-electron chi connectivity index (χ1n) is 11.0. The highest BCUT2D eigenvalue weighted by Crippen LogP contribution is 2.27. The number of benzene rings is 2. The molecule has 0 amide bonds. The first-order chi connectivity index (χ1) is 16.0. The number of fused-ring (bicyclic) bond motifs is 1. The second-order valence-electron chi connectivity index (χ2n) is 8.52. The van der Waals surface area contributed by atoms with Crippen LogP contribution < -0.4 is 15.8 Å². The van der Waals surface area contributed by atoms with E-state index in [0.29, 0.717) is 28.5 Å². The predicted octanol–water partition coefficient (Wildman–Crippen LogP) is 3.52. The lowest BCUT2D eigenvalue weighted by molar-refractivity contribution is 0.249. The molecule has 3 heterocycles. The maximum atomic E-state index is 15.0. The molecule has 170 valence electrons. The maximum absolute atomic E-state index is 15.0. The Bertz CT molecular complexity index is 1320. The maximum Gasteiger partial charge on any atom is 0.263 e. The van der Waals surface area contributed by atoms with Crippen molar-refractivity contribution in [1.29, 1.82) is 0 Å². The quantitative estimate of drug-likeness (QED) is 0.487. The van der Waals surface area contributed by atoms with Gasteiger partial charge in [0.2, 0.25) is 5.95 Å². The van der Waals surface area contributed by atoms with Crippen molar-refractivity contribution in [2.45, 2.75) is 18.9 Å². The van der Waals surface area contributed by atoms with Gasteiger partial charge in [0, 0.05) is 24.8 Å². The summed E-state index contributed by atoms with van der Waals surface area (Å²) in [6.07, 6.45) is 3.51. The normalized spacial score (nSPS) is 14.8. The summed E-state index contributed by atoms with van der Waals surface area (Å²) < 4.78 is 16.6. The lowest BCUT2D eigenvalue weighted by Crippen LogP contribution is -2.42. The van der Waals surface area contributed by atoms with E-state index < -0.39 is 0 Å². The minimum Gasteiger partial charge on any atom is -0.369 e. The Morgan fingerprint density at radius 2 is 1.88 bits per heavy atom. The van der Waals surface area contributed by atoms with Crippen molar-refractivity contribution >= 4 is 28.4 Å². The fraction of sp³-hybridized carbons (Fsp3) is 0.292. The average Bonchev–Trinajstić information content (AvgIpc) is 3.24. The van der Waals surface area contributed by atoms with Gasteiger partial charge >= 0.3 is 0 Å². The Balaban J connectivity index is 1.39. The van der Waals surface area contributed by atoms with Crippen molar-refractivity contribution in [2.75, 3.05) is 37.4 Å². The van der Waals surface area contributed by atoms with Crippen LogP contribution in [-0.2, 0) is 0 Å². The zero-order valence-electron chi connectivity index (χ0n) is 18.6. The molecular weight excluding hydrogens is 421 g/mol. The summed E-state index contributed by atoms with van der Waals surface area (Å²) in [5, 5.41) is 7.71. The molecule has 1 aliphatic heterocycles. The van der Waals surface area contributed by atoms with Crippen LogP contribution in [0.2, 0.25) is 0 Å². The Labute approximate surface area is 190 Å². The van der Waals surface area contributed by atoms with E-state index in [2.05, 4.69) is 44.3 Å². The van der Waals surface area contributed by atoms with Crippen LogP contribution in [0.3, 0.4) is 0 Å². The second kappa shape index (κ2) is 8.67. The van der Waals surface area contributed by atoms with E-state index >= 15 is 0 Å². The second-order valence-corrected chi connectivity index (χ2v) is 8.52. The summed E-state index contributed by atoms with van der Waals surface area (Å²) in [5.41, 5.74) is 2.01. The van der Waals surface area contributed by atoms with Crippen molar-refractivity contribution in [3.63, 3.8) is 0 Å². The Hall–Kier alpha value is -3.72. The molecule has 2 N–H and O–H groups in total. The van der Waals surface area contributed by atoms with Gasteiger partial charge in [-0.15, -0.1) is 0 Å². The number of para-hydroxylation sites is 1. The lowest BCUT2D eigenvalue weighted by Gasteiger charge is -2.36. The highest BCUT2D eigenvalue weighted by molar-refractivity contribution is 5.77. The number of aromatic amines is 1. The molecule has 0 aliphatic carbocycles. The van der Waals surface area contributed by atoms with Crippen molar-refractivity contribution < 1.29 is 4.39 Å². The van der Waals surface area contributed by atoms with Crippen LogP contribution >= 0.6 is 0 Å². The third-order valence-electron chi connectivity index (χ3n) is 6.18. The number of aromatic nitrogens is 4. The molecule has 2 aromatic carbocycles. The summed E-state index contributed by atoms with van der Waals surface area (Å²) >= 11 is 0. The number of H-pyrrole nitrogens is 1. The Kier molecular flexibility index (Phi) is 5.55. The van der Waals surface area contributed by atoms with E-state index in [9.17, 15) is 9.18 Å². The van der Waals surface area contributed by atoms with Gasteiger partial charge in [-0.1, -0.05) is 18.2 Å². The summed E-state index contributed by atoms with van der Waals surface area (Å²) in [7, 11) is 4.17. The van der Waals surface area contributed by atoms with Gasteiger partial charge in [0.1, 0.15) is 11.2 Å². The molecule has 5 rings (SSSR count). The molecule has 0 atom stereocenters. The third kappa shape index (κ3) is 4.19. The van der Waals surface area contributed by atoms with Crippen molar-refractivity contribution in [3.8, 4) is 5.69 Å². The molecule has 0 radical (unpaired) electrons. The van der Waals surface area contributed by atoms with Gasteiger partial charge < -0.3 is 15.1 Å². The van der Waals surface area contributed by atoms with E-state index in [1.54, 1.807) is 16.8 Å². The molecule has 2 aromatic heterocycles. The number of rotatable bonds is 5. The molecule has 9 heteroatoms. The van der Waals surface area contributed by atoms with Crippen LogP contribution in [-0.4, -0.2) is 57.9 Å². The minimum atomic E-state index is -0.314. The number of hydrogen-bond acceptors (Lipinski definition) is 6. The fourth-order valence-corrected chi connectivity index (χ4v) is 4.34. The molecule has 0 spiro atoms. The lowest BCUT2D eigenvalue weighted by atomic mass is 10.0. The SMILES string of the molecule is CN(C)C1CCN(c2ccc(Nc3nc4c(cnn4-c4ccccc4)c(=O)[nH]3)cc2F)CC1. The number of nitrogens with one attached hydrogen (secondary N) is 2. The molecule has 0 bridgehead atoms. The van der Waals surface area contributed by atoms with Gasteiger partial charge in [-0.25, -0.2) is 9.07 Å². The zero-order chi connectivity index (χ0) is 22.9. The van der Waals surface area contributed by atoms with Gasteiger partial charge in [0.25, 0.3) is 5.56 Å². The summed E-state index contributed by atoms with van der Waals surface area (Å²) in [5.74, 6) is -0.0785. The first-order valence-corrected chi connectivity index (χ1v) is 11.0. The topological polar surface area (TPSA) is 82.1 Å². The molecule has 8 nitrogen and oxygen atoms in total. The molecule has 0 saturated carbocycles. The Morgan fingerprint density at radius 1 is 1.12 bits per heavy atom. The van der Waals surface area contributed by atoms with Crippen LogP contribution in [0.25, 0.3) is 16.7 Å². The number of nitrogens with zero attached hydrogens (tertiary/aromatic N) is 5. The van der Waals surface area contributed by atoms with Crippen LogP contribution in [0.4, 0.5) is 21.7 Å². The van der Waals surface area contributed by atoms with Gasteiger partial charge in [0.05, 0.1) is 17.6 Å².